The number of aromatic nitrogens is 2. The highest BCUT2D eigenvalue weighted by Crippen LogP contribution is 2.27. The van der Waals surface area contributed by atoms with Gasteiger partial charge in [0.25, 0.3) is 0 Å². The van der Waals surface area contributed by atoms with E-state index in [1.54, 1.807) is 0 Å². The fourth-order valence-electron chi connectivity index (χ4n) is 4.95. The summed E-state index contributed by atoms with van der Waals surface area (Å²) in [5, 5.41) is 10.8. The van der Waals surface area contributed by atoms with E-state index in [0.29, 0.717) is 18.8 Å². The van der Waals surface area contributed by atoms with E-state index in [0.717, 1.165) is 42.0 Å². The number of aliphatic hydroxyl groups is 1. The Morgan fingerprint density at radius 2 is 1.97 bits per heavy atom. The van der Waals surface area contributed by atoms with Gasteiger partial charge in [0.05, 0.1) is 30.7 Å². The summed E-state index contributed by atoms with van der Waals surface area (Å²) in [6.45, 7) is 2.76. The lowest BCUT2D eigenvalue weighted by Crippen LogP contribution is -2.31. The maximum atomic E-state index is 9.57. The molecule has 3 heterocycles. The van der Waals surface area contributed by atoms with Crippen molar-refractivity contribution < 1.29 is 9.84 Å². The Bertz CT molecular complexity index is 993. The Kier molecular flexibility index (Phi) is 5.84. The number of benzene rings is 1. The Balaban J connectivity index is 1.31. The minimum absolute atomic E-state index is 0.247. The van der Waals surface area contributed by atoms with Crippen molar-refractivity contribution in [1.82, 2.24) is 14.9 Å². The predicted octanol–water partition coefficient (Wildman–Crippen LogP) is 4.65. The Hall–Kier alpha value is -2.21. The second kappa shape index (κ2) is 8.88. The molecule has 1 saturated carbocycles. The third-order valence-corrected chi connectivity index (χ3v) is 6.63. The van der Waals surface area contributed by atoms with Crippen molar-refractivity contribution in [2.75, 3.05) is 13.2 Å². The first-order valence-electron chi connectivity index (χ1n) is 11.3. The van der Waals surface area contributed by atoms with Crippen LogP contribution < -0.4 is 0 Å². The maximum Gasteiger partial charge on any atom is 0.0891 e. The van der Waals surface area contributed by atoms with Gasteiger partial charge in [0.2, 0.25) is 0 Å². The van der Waals surface area contributed by atoms with Crippen LogP contribution in [0.5, 0.6) is 0 Å². The standard InChI is InChI=1S/C25H31N3O2/c29-16-22-6-4-12-28(22)15-21-14-19-13-18(10-11-25(19)27-21)24-9-3-5-20(26-24)17-30-23-7-1-2-8-23/h3,5,9-11,13-14,22-23,27,29H,1-2,4,6-8,12,15-17H2/t22-/m1/s1. The second-order valence-electron chi connectivity index (χ2n) is 8.78. The van der Waals surface area contributed by atoms with Gasteiger partial charge in [0.15, 0.2) is 0 Å². The highest BCUT2D eigenvalue weighted by Gasteiger charge is 2.24. The number of pyridine rings is 1. The normalized spacial score (nSPS) is 20.5. The number of aliphatic hydroxyl groups excluding tert-OH is 1. The minimum atomic E-state index is 0.247. The topological polar surface area (TPSA) is 61.4 Å². The molecule has 1 saturated heterocycles. The largest absolute Gasteiger partial charge is 0.395 e. The summed E-state index contributed by atoms with van der Waals surface area (Å²) >= 11 is 0. The van der Waals surface area contributed by atoms with E-state index in [2.05, 4.69) is 52.3 Å². The van der Waals surface area contributed by atoms with Crippen molar-refractivity contribution in [2.24, 2.45) is 0 Å². The number of nitrogens with one attached hydrogen (secondary N) is 1. The smallest absolute Gasteiger partial charge is 0.0891 e. The fourth-order valence-corrected chi connectivity index (χ4v) is 4.95. The van der Waals surface area contributed by atoms with Crippen LogP contribution in [0, 0.1) is 0 Å². The molecule has 0 spiro atoms. The maximum absolute atomic E-state index is 9.57. The minimum Gasteiger partial charge on any atom is -0.395 e. The van der Waals surface area contributed by atoms with Crippen LogP contribution in [0.3, 0.4) is 0 Å². The van der Waals surface area contributed by atoms with E-state index in [1.807, 2.05) is 0 Å². The van der Waals surface area contributed by atoms with Gasteiger partial charge in [-0.1, -0.05) is 25.0 Å². The predicted molar refractivity (Wildman–Crippen MR) is 119 cm³/mol. The van der Waals surface area contributed by atoms with Crippen molar-refractivity contribution in [3.63, 3.8) is 0 Å². The lowest BCUT2D eigenvalue weighted by Gasteiger charge is -2.21. The van der Waals surface area contributed by atoms with Gasteiger partial charge in [0, 0.05) is 34.7 Å². The Morgan fingerprint density at radius 1 is 1.07 bits per heavy atom. The van der Waals surface area contributed by atoms with Crippen molar-refractivity contribution >= 4 is 10.9 Å². The summed E-state index contributed by atoms with van der Waals surface area (Å²) in [4.78, 5) is 10.8. The molecule has 0 amide bonds. The van der Waals surface area contributed by atoms with Crippen LogP contribution in [0.15, 0.2) is 42.5 Å². The SMILES string of the molecule is OC[C@H]1CCCN1Cc1cc2cc(-c3cccc(COC4CCCC4)n3)ccc2[nH]1. The highest BCUT2D eigenvalue weighted by molar-refractivity contribution is 5.85. The van der Waals surface area contributed by atoms with E-state index in [1.165, 1.54) is 43.2 Å². The molecule has 0 unspecified atom stereocenters. The molecule has 1 aliphatic carbocycles. The molecule has 1 aromatic carbocycles. The van der Waals surface area contributed by atoms with Gasteiger partial charge in [-0.05, 0) is 62.6 Å². The van der Waals surface area contributed by atoms with Crippen LogP contribution in [0.25, 0.3) is 22.2 Å². The summed E-state index contributed by atoms with van der Waals surface area (Å²) in [5.41, 5.74) is 5.47. The van der Waals surface area contributed by atoms with Crippen LogP contribution in [0.4, 0.5) is 0 Å². The first-order valence-corrected chi connectivity index (χ1v) is 11.3. The zero-order chi connectivity index (χ0) is 20.3. The molecule has 0 radical (unpaired) electrons. The average molecular weight is 406 g/mol. The summed E-state index contributed by atoms with van der Waals surface area (Å²) in [5.74, 6) is 0. The Labute approximate surface area is 178 Å². The zero-order valence-electron chi connectivity index (χ0n) is 17.5. The number of likely N-dealkylation sites (tertiary alicyclic amines) is 1. The van der Waals surface area contributed by atoms with Gasteiger partial charge in [0.1, 0.15) is 0 Å². The summed E-state index contributed by atoms with van der Waals surface area (Å²) in [7, 11) is 0. The summed E-state index contributed by atoms with van der Waals surface area (Å²) in [6.07, 6.45) is 7.61. The van der Waals surface area contributed by atoms with Crippen LogP contribution in [0.1, 0.15) is 49.9 Å². The van der Waals surface area contributed by atoms with E-state index < -0.39 is 0 Å². The molecular weight excluding hydrogens is 374 g/mol. The van der Waals surface area contributed by atoms with E-state index in [4.69, 9.17) is 9.72 Å². The third-order valence-electron chi connectivity index (χ3n) is 6.63. The first kappa shape index (κ1) is 19.7. The molecule has 5 rings (SSSR count). The number of ether oxygens (including phenoxy) is 1. The van der Waals surface area contributed by atoms with Gasteiger partial charge < -0.3 is 14.8 Å². The Morgan fingerprint density at radius 3 is 2.83 bits per heavy atom. The number of nitrogens with zero attached hydrogens (tertiary/aromatic N) is 2. The van der Waals surface area contributed by atoms with Crippen molar-refractivity contribution in [3.8, 4) is 11.3 Å². The lowest BCUT2D eigenvalue weighted by molar-refractivity contribution is 0.0438. The molecule has 30 heavy (non-hydrogen) atoms. The van der Waals surface area contributed by atoms with Crippen molar-refractivity contribution in [3.05, 3.63) is 53.9 Å². The van der Waals surface area contributed by atoms with Crippen LogP contribution in [-0.4, -0.2) is 45.3 Å². The molecule has 1 atom stereocenters. The number of hydrogen-bond acceptors (Lipinski definition) is 4. The van der Waals surface area contributed by atoms with Crippen LogP contribution in [0.2, 0.25) is 0 Å². The molecule has 5 heteroatoms. The number of fused-ring (bicyclic) bond motifs is 1. The third kappa shape index (κ3) is 4.29. The summed E-state index contributed by atoms with van der Waals surface area (Å²) < 4.78 is 6.04. The fraction of sp³-hybridized carbons (Fsp3) is 0.480. The van der Waals surface area contributed by atoms with Gasteiger partial charge in [-0.3, -0.25) is 9.88 Å². The molecule has 2 aliphatic rings. The van der Waals surface area contributed by atoms with Crippen LogP contribution in [-0.2, 0) is 17.9 Å². The molecule has 0 bridgehead atoms. The van der Waals surface area contributed by atoms with E-state index >= 15 is 0 Å². The molecule has 3 aromatic rings. The number of aromatic amines is 1. The average Bonchev–Trinajstić information content (AvgIpc) is 3.52. The second-order valence-corrected chi connectivity index (χ2v) is 8.78. The van der Waals surface area contributed by atoms with Gasteiger partial charge in [-0.25, -0.2) is 0 Å². The quantitative estimate of drug-likeness (QED) is 0.601. The number of rotatable bonds is 7. The summed E-state index contributed by atoms with van der Waals surface area (Å²) in [6, 6.07) is 15.2. The van der Waals surface area contributed by atoms with Crippen molar-refractivity contribution in [1.29, 1.82) is 0 Å². The molecule has 5 nitrogen and oxygen atoms in total. The lowest BCUT2D eigenvalue weighted by atomic mass is 10.1. The zero-order valence-corrected chi connectivity index (χ0v) is 17.5. The molecular formula is C25H31N3O2. The first-order chi connectivity index (χ1) is 14.8. The molecule has 2 fully saturated rings. The highest BCUT2D eigenvalue weighted by atomic mass is 16.5. The number of hydrogen-bond donors (Lipinski definition) is 2. The van der Waals surface area contributed by atoms with Crippen LogP contribution >= 0.6 is 0 Å². The molecule has 2 N–H and O–H groups in total. The molecule has 158 valence electrons. The van der Waals surface area contributed by atoms with Gasteiger partial charge in [-0.15, -0.1) is 0 Å². The van der Waals surface area contributed by atoms with Gasteiger partial charge >= 0.3 is 0 Å². The number of H-pyrrole nitrogens is 1. The van der Waals surface area contributed by atoms with E-state index in [-0.39, 0.29) is 6.61 Å². The molecule has 1 aliphatic heterocycles. The van der Waals surface area contributed by atoms with E-state index in [9.17, 15) is 5.11 Å². The molecule has 2 aromatic heterocycles. The van der Waals surface area contributed by atoms with Gasteiger partial charge in [-0.2, -0.15) is 0 Å². The monoisotopic (exact) mass is 405 g/mol. The van der Waals surface area contributed by atoms with Crippen molar-refractivity contribution in [2.45, 2.75) is 63.8 Å².